The maximum atomic E-state index is 12.3. The van der Waals surface area contributed by atoms with Gasteiger partial charge in [0.25, 0.3) is 0 Å². The molecule has 1 aromatic carbocycles. The Morgan fingerprint density at radius 2 is 2.00 bits per heavy atom. The van der Waals surface area contributed by atoms with Crippen molar-refractivity contribution in [2.45, 2.75) is 0 Å². The molecule has 1 fully saturated rings. The maximum Gasteiger partial charge on any atom is 0.246 e. The van der Waals surface area contributed by atoms with Crippen LogP contribution >= 0.6 is 0 Å². The molecule has 0 aliphatic carbocycles. The zero-order valence-corrected chi connectivity index (χ0v) is 11.2. The van der Waals surface area contributed by atoms with Crippen molar-refractivity contribution in [2.24, 2.45) is 0 Å². The number of para-hydroxylation sites is 2. The zero-order valence-electron chi connectivity index (χ0n) is 11.2. The van der Waals surface area contributed by atoms with E-state index in [9.17, 15) is 9.59 Å². The second-order valence-corrected chi connectivity index (χ2v) is 4.84. The number of anilines is 2. The first-order valence-electron chi connectivity index (χ1n) is 6.74. The standard InChI is InChI=1S/C14H17N3O3/c18-13-9-15-11-3-1-2-4-12(11)17(13)10-14(19)16-5-7-20-8-6-16/h1-4,15H,5-10H2. The molecule has 2 heterocycles. The molecule has 6 nitrogen and oxygen atoms in total. The van der Waals surface area contributed by atoms with Crippen molar-refractivity contribution in [3.05, 3.63) is 24.3 Å². The summed E-state index contributed by atoms with van der Waals surface area (Å²) < 4.78 is 5.23. The van der Waals surface area contributed by atoms with E-state index in [-0.39, 0.29) is 24.9 Å². The molecule has 0 spiro atoms. The normalized spacial score (nSPS) is 18.5. The molecule has 2 aliphatic heterocycles. The van der Waals surface area contributed by atoms with E-state index in [4.69, 9.17) is 4.74 Å². The number of rotatable bonds is 2. The Morgan fingerprint density at radius 1 is 1.25 bits per heavy atom. The van der Waals surface area contributed by atoms with Gasteiger partial charge in [-0.2, -0.15) is 0 Å². The van der Waals surface area contributed by atoms with Crippen molar-refractivity contribution < 1.29 is 14.3 Å². The Hall–Kier alpha value is -2.08. The van der Waals surface area contributed by atoms with Crippen molar-refractivity contribution >= 4 is 23.2 Å². The van der Waals surface area contributed by atoms with Crippen molar-refractivity contribution in [2.75, 3.05) is 49.6 Å². The van der Waals surface area contributed by atoms with Crippen molar-refractivity contribution in [3.8, 4) is 0 Å². The van der Waals surface area contributed by atoms with Crippen molar-refractivity contribution in [1.29, 1.82) is 0 Å². The Bertz CT molecular complexity index is 526. The Labute approximate surface area is 117 Å². The van der Waals surface area contributed by atoms with Crippen LogP contribution in [0.1, 0.15) is 0 Å². The minimum absolute atomic E-state index is 0.0293. The summed E-state index contributed by atoms with van der Waals surface area (Å²) in [7, 11) is 0. The molecule has 0 aromatic heterocycles. The van der Waals surface area contributed by atoms with E-state index < -0.39 is 0 Å². The lowest BCUT2D eigenvalue weighted by Gasteiger charge is -2.33. The highest BCUT2D eigenvalue weighted by Gasteiger charge is 2.27. The number of nitrogens with zero attached hydrogens (tertiary/aromatic N) is 2. The summed E-state index contributed by atoms with van der Waals surface area (Å²) >= 11 is 0. The molecule has 106 valence electrons. The molecule has 1 saturated heterocycles. The van der Waals surface area contributed by atoms with Crippen LogP contribution in [0, 0.1) is 0 Å². The fourth-order valence-corrected chi connectivity index (χ4v) is 2.48. The molecule has 2 amide bonds. The summed E-state index contributed by atoms with van der Waals surface area (Å²) in [5.41, 5.74) is 1.66. The third-order valence-corrected chi connectivity index (χ3v) is 3.58. The third-order valence-electron chi connectivity index (χ3n) is 3.58. The van der Waals surface area contributed by atoms with Crippen LogP contribution in [0.3, 0.4) is 0 Å². The highest BCUT2D eigenvalue weighted by molar-refractivity contribution is 6.05. The summed E-state index contributed by atoms with van der Waals surface area (Å²) in [6, 6.07) is 7.54. The van der Waals surface area contributed by atoms with E-state index >= 15 is 0 Å². The SMILES string of the molecule is O=C(CN1C(=O)CNc2ccccc21)N1CCOCC1. The number of nitrogens with one attached hydrogen (secondary N) is 1. The highest BCUT2D eigenvalue weighted by Crippen LogP contribution is 2.28. The summed E-state index contributed by atoms with van der Waals surface area (Å²) in [4.78, 5) is 27.6. The molecule has 2 aliphatic rings. The summed E-state index contributed by atoms with van der Waals surface area (Å²) in [5.74, 6) is -0.108. The molecule has 6 heteroatoms. The molecule has 3 rings (SSSR count). The molecule has 0 atom stereocenters. The number of hydrogen-bond donors (Lipinski definition) is 1. The Morgan fingerprint density at radius 3 is 2.80 bits per heavy atom. The first kappa shape index (κ1) is 12.9. The maximum absolute atomic E-state index is 12.3. The summed E-state index contributed by atoms with van der Waals surface area (Å²) in [6.07, 6.45) is 0. The van der Waals surface area contributed by atoms with Crippen LogP contribution < -0.4 is 10.2 Å². The lowest BCUT2D eigenvalue weighted by atomic mass is 10.2. The molecular weight excluding hydrogens is 258 g/mol. The summed E-state index contributed by atoms with van der Waals surface area (Å²) in [5, 5.41) is 3.06. The molecule has 1 aromatic rings. The molecular formula is C14H17N3O3. The average Bonchev–Trinajstić information content (AvgIpc) is 2.51. The van der Waals surface area contributed by atoms with E-state index in [1.165, 1.54) is 0 Å². The third kappa shape index (κ3) is 2.46. The van der Waals surface area contributed by atoms with E-state index in [1.54, 1.807) is 9.80 Å². The Balaban J connectivity index is 1.76. The van der Waals surface area contributed by atoms with Gasteiger partial charge in [-0.05, 0) is 12.1 Å². The minimum Gasteiger partial charge on any atom is -0.378 e. The molecule has 0 unspecified atom stereocenters. The van der Waals surface area contributed by atoms with Crippen LogP contribution in [-0.4, -0.2) is 56.1 Å². The smallest absolute Gasteiger partial charge is 0.246 e. The zero-order chi connectivity index (χ0) is 13.9. The Kier molecular flexibility index (Phi) is 3.56. The lowest BCUT2D eigenvalue weighted by Crippen LogP contribution is -2.49. The van der Waals surface area contributed by atoms with E-state index in [0.717, 1.165) is 11.4 Å². The minimum atomic E-state index is -0.0784. The van der Waals surface area contributed by atoms with Crippen LogP contribution in [0.25, 0.3) is 0 Å². The van der Waals surface area contributed by atoms with Crippen LogP contribution in [0.4, 0.5) is 11.4 Å². The molecule has 0 bridgehead atoms. The number of amides is 2. The monoisotopic (exact) mass is 275 g/mol. The van der Waals surface area contributed by atoms with Gasteiger partial charge >= 0.3 is 0 Å². The molecule has 0 radical (unpaired) electrons. The number of benzene rings is 1. The average molecular weight is 275 g/mol. The van der Waals surface area contributed by atoms with Crippen LogP contribution in [0.2, 0.25) is 0 Å². The van der Waals surface area contributed by atoms with Gasteiger partial charge in [0.15, 0.2) is 0 Å². The van der Waals surface area contributed by atoms with Gasteiger partial charge in [0.1, 0.15) is 6.54 Å². The van der Waals surface area contributed by atoms with Crippen molar-refractivity contribution in [1.82, 2.24) is 4.90 Å². The molecule has 20 heavy (non-hydrogen) atoms. The van der Waals surface area contributed by atoms with Crippen LogP contribution in [-0.2, 0) is 14.3 Å². The highest BCUT2D eigenvalue weighted by atomic mass is 16.5. The first-order chi connectivity index (χ1) is 9.75. The van der Waals surface area contributed by atoms with Gasteiger partial charge in [0.2, 0.25) is 11.8 Å². The predicted molar refractivity (Wildman–Crippen MR) is 74.7 cm³/mol. The van der Waals surface area contributed by atoms with E-state index in [2.05, 4.69) is 5.32 Å². The molecule has 1 N–H and O–H groups in total. The van der Waals surface area contributed by atoms with Gasteiger partial charge in [-0.3, -0.25) is 14.5 Å². The molecule has 0 saturated carbocycles. The first-order valence-corrected chi connectivity index (χ1v) is 6.74. The number of hydrogen-bond acceptors (Lipinski definition) is 4. The number of carbonyl (C=O) groups is 2. The van der Waals surface area contributed by atoms with Crippen LogP contribution in [0.15, 0.2) is 24.3 Å². The van der Waals surface area contributed by atoms with E-state index in [1.807, 2.05) is 24.3 Å². The largest absolute Gasteiger partial charge is 0.378 e. The number of ether oxygens (including phenoxy) is 1. The number of fused-ring (bicyclic) bond motifs is 1. The van der Waals surface area contributed by atoms with Gasteiger partial charge in [-0.1, -0.05) is 12.1 Å². The lowest BCUT2D eigenvalue weighted by molar-refractivity contribution is -0.134. The van der Waals surface area contributed by atoms with Gasteiger partial charge in [0, 0.05) is 13.1 Å². The van der Waals surface area contributed by atoms with Crippen LogP contribution in [0.5, 0.6) is 0 Å². The predicted octanol–water partition coefficient (Wildman–Crippen LogP) is 0.304. The second-order valence-electron chi connectivity index (χ2n) is 4.84. The number of morpholine rings is 1. The number of carbonyl (C=O) groups excluding carboxylic acids is 2. The van der Waals surface area contributed by atoms with Crippen molar-refractivity contribution in [3.63, 3.8) is 0 Å². The van der Waals surface area contributed by atoms with E-state index in [0.29, 0.717) is 26.3 Å². The van der Waals surface area contributed by atoms with Gasteiger partial charge in [-0.25, -0.2) is 0 Å². The fraction of sp³-hybridized carbons (Fsp3) is 0.429. The topological polar surface area (TPSA) is 61.9 Å². The fourth-order valence-electron chi connectivity index (χ4n) is 2.48. The van der Waals surface area contributed by atoms with Gasteiger partial charge < -0.3 is 15.0 Å². The summed E-state index contributed by atoms with van der Waals surface area (Å²) in [6.45, 7) is 2.65. The van der Waals surface area contributed by atoms with Gasteiger partial charge in [-0.15, -0.1) is 0 Å². The second kappa shape index (κ2) is 5.50. The quantitative estimate of drug-likeness (QED) is 0.843. The van der Waals surface area contributed by atoms with Gasteiger partial charge in [0.05, 0.1) is 31.1 Å².